The monoisotopic (exact) mass is 347 g/mol. The first kappa shape index (κ1) is 16.4. The van der Waals surface area contributed by atoms with Gasteiger partial charge in [-0.25, -0.2) is 9.78 Å². The van der Waals surface area contributed by atoms with Crippen LogP contribution in [0.4, 0.5) is 9.93 Å². The Kier molecular flexibility index (Phi) is 4.77. The number of carbonyl (C=O) groups is 2. The fraction of sp³-hybridized carbons (Fsp3) is 0.312. The van der Waals surface area contributed by atoms with Gasteiger partial charge in [-0.1, -0.05) is 18.2 Å². The summed E-state index contributed by atoms with van der Waals surface area (Å²) in [6.45, 7) is 1.88. The predicted octanol–water partition coefficient (Wildman–Crippen LogP) is 2.02. The van der Waals surface area contributed by atoms with Crippen LogP contribution in [0.5, 0.6) is 5.75 Å². The zero-order valence-corrected chi connectivity index (χ0v) is 13.8. The number of nitrogens with zero attached hydrogens (tertiary/aromatic N) is 2. The molecule has 1 aliphatic heterocycles. The molecule has 7 nitrogen and oxygen atoms in total. The molecule has 0 saturated carbocycles. The number of aliphatic hydroxyl groups is 1. The smallest absolute Gasteiger partial charge is 0.410 e. The van der Waals surface area contributed by atoms with Crippen molar-refractivity contribution in [3.8, 4) is 5.75 Å². The lowest BCUT2D eigenvalue weighted by Crippen LogP contribution is -2.44. The molecule has 1 fully saturated rings. The number of rotatable bonds is 3. The molecule has 8 heteroatoms. The Hall–Kier alpha value is -2.45. The summed E-state index contributed by atoms with van der Waals surface area (Å²) in [5.41, 5.74) is 0.808. The van der Waals surface area contributed by atoms with E-state index in [9.17, 15) is 14.7 Å². The lowest BCUT2D eigenvalue weighted by Gasteiger charge is -2.22. The largest absolute Gasteiger partial charge is 0.416 e. The molecule has 2 amide bonds. The van der Waals surface area contributed by atoms with E-state index in [2.05, 4.69) is 10.3 Å². The van der Waals surface area contributed by atoms with Crippen LogP contribution in [0, 0.1) is 6.92 Å². The molecule has 0 aliphatic carbocycles. The van der Waals surface area contributed by atoms with Crippen molar-refractivity contribution < 1.29 is 19.4 Å². The Balaban J connectivity index is 1.69. The summed E-state index contributed by atoms with van der Waals surface area (Å²) >= 11 is 1.31. The average Bonchev–Trinajstić information content (AvgIpc) is 3.14. The third-order valence-electron chi connectivity index (χ3n) is 3.61. The third-order valence-corrected chi connectivity index (χ3v) is 4.49. The highest BCUT2D eigenvalue weighted by Crippen LogP contribution is 2.23. The van der Waals surface area contributed by atoms with Crippen LogP contribution < -0.4 is 10.1 Å². The van der Waals surface area contributed by atoms with Gasteiger partial charge in [0.2, 0.25) is 5.91 Å². The minimum Gasteiger partial charge on any atom is -0.410 e. The van der Waals surface area contributed by atoms with Gasteiger partial charge < -0.3 is 15.2 Å². The first-order valence-electron chi connectivity index (χ1n) is 7.47. The highest BCUT2D eigenvalue weighted by molar-refractivity contribution is 7.13. The zero-order valence-electron chi connectivity index (χ0n) is 13.0. The number of aryl methyl sites for hydroxylation is 1. The number of aromatic nitrogens is 1. The molecule has 24 heavy (non-hydrogen) atoms. The van der Waals surface area contributed by atoms with E-state index in [-0.39, 0.29) is 18.9 Å². The van der Waals surface area contributed by atoms with Crippen LogP contribution in [0.1, 0.15) is 12.1 Å². The second kappa shape index (κ2) is 6.98. The van der Waals surface area contributed by atoms with Crippen LogP contribution >= 0.6 is 11.3 Å². The summed E-state index contributed by atoms with van der Waals surface area (Å²) < 4.78 is 5.26. The summed E-state index contributed by atoms with van der Waals surface area (Å²) in [7, 11) is 0. The van der Waals surface area contributed by atoms with Gasteiger partial charge in [-0.2, -0.15) is 0 Å². The summed E-state index contributed by atoms with van der Waals surface area (Å²) in [4.78, 5) is 30.2. The second-order valence-corrected chi connectivity index (χ2v) is 6.38. The molecule has 0 spiro atoms. The van der Waals surface area contributed by atoms with E-state index >= 15 is 0 Å². The van der Waals surface area contributed by atoms with E-state index in [1.54, 1.807) is 24.3 Å². The van der Waals surface area contributed by atoms with Gasteiger partial charge >= 0.3 is 6.09 Å². The van der Waals surface area contributed by atoms with E-state index in [4.69, 9.17) is 4.74 Å². The molecule has 1 aromatic carbocycles. The number of amides is 2. The van der Waals surface area contributed by atoms with Gasteiger partial charge in [0.05, 0.1) is 18.3 Å². The number of para-hydroxylation sites is 1. The molecule has 0 bridgehead atoms. The van der Waals surface area contributed by atoms with Gasteiger partial charge in [0.1, 0.15) is 11.8 Å². The SMILES string of the molecule is Cc1csc(NC(=O)C2CC(O)CN2C(=O)Oc2ccccc2)n1. The molecule has 2 atom stereocenters. The molecule has 3 rings (SSSR count). The number of hydrogen-bond donors (Lipinski definition) is 2. The standard InChI is InChI=1S/C16H17N3O4S/c1-10-9-24-15(17-10)18-14(21)13-7-11(20)8-19(13)16(22)23-12-5-3-2-4-6-12/h2-6,9,11,13,20H,7-8H2,1H3,(H,17,18,21). The maximum Gasteiger partial charge on any atom is 0.416 e. The Morgan fingerprint density at radius 2 is 2.12 bits per heavy atom. The minimum absolute atomic E-state index is 0.0562. The molecule has 1 aliphatic rings. The van der Waals surface area contributed by atoms with Gasteiger partial charge in [0, 0.05) is 11.8 Å². The van der Waals surface area contributed by atoms with Gasteiger partial charge in [-0.05, 0) is 19.1 Å². The van der Waals surface area contributed by atoms with Crippen LogP contribution in [0.3, 0.4) is 0 Å². The molecule has 2 N–H and O–H groups in total. The van der Waals surface area contributed by atoms with Crippen LogP contribution in [0.15, 0.2) is 35.7 Å². The van der Waals surface area contributed by atoms with Crippen molar-refractivity contribution in [1.82, 2.24) is 9.88 Å². The van der Waals surface area contributed by atoms with Crippen molar-refractivity contribution in [2.45, 2.75) is 25.5 Å². The van der Waals surface area contributed by atoms with E-state index in [0.717, 1.165) is 5.69 Å². The molecule has 2 heterocycles. The van der Waals surface area contributed by atoms with Crippen LogP contribution in [-0.4, -0.2) is 45.7 Å². The normalized spacial score (nSPS) is 20.0. The maximum atomic E-state index is 12.4. The summed E-state index contributed by atoms with van der Waals surface area (Å²) in [6, 6.07) is 7.81. The first-order valence-corrected chi connectivity index (χ1v) is 8.35. The molecule has 1 saturated heterocycles. The highest BCUT2D eigenvalue weighted by atomic mass is 32.1. The topological polar surface area (TPSA) is 91.8 Å². The lowest BCUT2D eigenvalue weighted by atomic mass is 10.2. The van der Waals surface area contributed by atoms with Crippen LogP contribution in [-0.2, 0) is 4.79 Å². The number of carbonyl (C=O) groups excluding carboxylic acids is 2. The first-order chi connectivity index (χ1) is 11.5. The number of likely N-dealkylation sites (tertiary alicyclic amines) is 1. The number of benzene rings is 1. The van der Waals surface area contributed by atoms with Gasteiger partial charge in [-0.3, -0.25) is 9.69 Å². The second-order valence-electron chi connectivity index (χ2n) is 5.52. The molecule has 2 aromatic rings. The Morgan fingerprint density at radius 3 is 2.79 bits per heavy atom. The fourth-order valence-electron chi connectivity index (χ4n) is 2.51. The Labute approximate surface area is 142 Å². The van der Waals surface area contributed by atoms with E-state index in [0.29, 0.717) is 10.9 Å². The molecule has 1 aromatic heterocycles. The van der Waals surface area contributed by atoms with Crippen molar-refractivity contribution in [3.63, 3.8) is 0 Å². The molecule has 126 valence electrons. The third kappa shape index (κ3) is 3.72. The number of β-amino-alcohol motifs (C(OH)–C–C–N with tert-alkyl or cyclic N) is 1. The van der Waals surface area contributed by atoms with Crippen molar-refractivity contribution >= 4 is 28.5 Å². The number of nitrogens with one attached hydrogen (secondary N) is 1. The fourth-order valence-corrected chi connectivity index (χ4v) is 3.20. The predicted molar refractivity (Wildman–Crippen MR) is 89.1 cm³/mol. The lowest BCUT2D eigenvalue weighted by molar-refractivity contribution is -0.119. The number of thiazole rings is 1. The van der Waals surface area contributed by atoms with Crippen LogP contribution in [0.2, 0.25) is 0 Å². The molecular formula is C16H17N3O4S. The Bertz CT molecular complexity index is 734. The summed E-state index contributed by atoms with van der Waals surface area (Å²) in [5, 5.41) is 14.8. The van der Waals surface area contributed by atoms with Crippen molar-refractivity contribution in [2.75, 3.05) is 11.9 Å². The van der Waals surface area contributed by atoms with E-state index in [1.807, 2.05) is 18.4 Å². The van der Waals surface area contributed by atoms with Crippen molar-refractivity contribution in [3.05, 3.63) is 41.4 Å². The quantitative estimate of drug-likeness (QED) is 0.886. The van der Waals surface area contributed by atoms with Crippen molar-refractivity contribution in [1.29, 1.82) is 0 Å². The number of hydrogen-bond acceptors (Lipinski definition) is 6. The zero-order chi connectivity index (χ0) is 17.1. The summed E-state index contributed by atoms with van der Waals surface area (Å²) in [5.74, 6) is 0.00417. The average molecular weight is 347 g/mol. The minimum atomic E-state index is -0.791. The molecule has 2 unspecified atom stereocenters. The number of aliphatic hydroxyl groups excluding tert-OH is 1. The summed E-state index contributed by atoms with van der Waals surface area (Å²) in [6.07, 6.45) is -1.25. The van der Waals surface area contributed by atoms with Gasteiger partial charge in [-0.15, -0.1) is 11.3 Å². The van der Waals surface area contributed by atoms with Crippen molar-refractivity contribution in [2.24, 2.45) is 0 Å². The van der Waals surface area contributed by atoms with Gasteiger partial charge in [0.25, 0.3) is 0 Å². The molecular weight excluding hydrogens is 330 g/mol. The number of ether oxygens (including phenoxy) is 1. The van der Waals surface area contributed by atoms with E-state index in [1.165, 1.54) is 16.2 Å². The van der Waals surface area contributed by atoms with Crippen LogP contribution in [0.25, 0.3) is 0 Å². The molecule has 0 radical (unpaired) electrons. The maximum absolute atomic E-state index is 12.4. The van der Waals surface area contributed by atoms with Gasteiger partial charge in [0.15, 0.2) is 5.13 Å². The number of anilines is 1. The van der Waals surface area contributed by atoms with E-state index < -0.39 is 18.2 Å². The highest BCUT2D eigenvalue weighted by Gasteiger charge is 2.40. The Morgan fingerprint density at radius 1 is 1.38 bits per heavy atom.